The number of nitrogens with zero attached hydrogens (tertiary/aromatic N) is 3. The Morgan fingerprint density at radius 2 is 2.04 bits per heavy atom. The predicted octanol–water partition coefficient (Wildman–Crippen LogP) is 3.92. The van der Waals surface area contributed by atoms with Gasteiger partial charge in [0, 0.05) is 11.9 Å². The van der Waals surface area contributed by atoms with E-state index in [0.717, 1.165) is 24.6 Å². The second-order valence-corrected chi connectivity index (χ2v) is 6.45. The number of furan rings is 1. The lowest BCUT2D eigenvalue weighted by Gasteiger charge is -2.26. The molecule has 1 unspecified atom stereocenters. The molecule has 0 radical (unpaired) electrons. The van der Waals surface area contributed by atoms with E-state index in [9.17, 15) is 4.39 Å². The molecular weight excluding hydrogens is 319 g/mol. The molecular formula is C19H21FN4O. The van der Waals surface area contributed by atoms with E-state index < -0.39 is 0 Å². The molecule has 0 spiro atoms. The van der Waals surface area contributed by atoms with E-state index in [-0.39, 0.29) is 11.9 Å². The van der Waals surface area contributed by atoms with Gasteiger partial charge >= 0.3 is 0 Å². The first kappa shape index (κ1) is 16.0. The van der Waals surface area contributed by atoms with Gasteiger partial charge in [-0.25, -0.2) is 14.4 Å². The fourth-order valence-electron chi connectivity index (χ4n) is 3.48. The Kier molecular flexibility index (Phi) is 4.36. The average Bonchev–Trinajstić information content (AvgIpc) is 3.28. The van der Waals surface area contributed by atoms with Crippen molar-refractivity contribution in [3.8, 4) is 0 Å². The van der Waals surface area contributed by atoms with Gasteiger partial charge in [-0.15, -0.1) is 0 Å². The molecule has 1 atom stereocenters. The lowest BCUT2D eigenvalue weighted by Crippen LogP contribution is -2.31. The lowest BCUT2D eigenvalue weighted by molar-refractivity contribution is 0.223. The Morgan fingerprint density at radius 1 is 1.20 bits per heavy atom. The second kappa shape index (κ2) is 6.80. The molecule has 1 saturated heterocycles. The highest BCUT2D eigenvalue weighted by molar-refractivity contribution is 5.89. The molecule has 1 aliphatic rings. The number of anilines is 1. The molecule has 1 N–H and O–H groups in total. The summed E-state index contributed by atoms with van der Waals surface area (Å²) in [5.41, 5.74) is 0.339. The first-order valence-electron chi connectivity index (χ1n) is 8.66. The molecule has 25 heavy (non-hydrogen) atoms. The molecule has 2 aromatic heterocycles. The molecule has 5 nitrogen and oxygen atoms in total. The van der Waals surface area contributed by atoms with Gasteiger partial charge < -0.3 is 9.73 Å². The fourth-order valence-corrected chi connectivity index (χ4v) is 3.48. The van der Waals surface area contributed by atoms with Crippen molar-refractivity contribution in [1.82, 2.24) is 14.9 Å². The summed E-state index contributed by atoms with van der Waals surface area (Å²) < 4.78 is 19.8. The summed E-state index contributed by atoms with van der Waals surface area (Å²) in [6, 6.07) is 9.10. The summed E-state index contributed by atoms with van der Waals surface area (Å²) in [7, 11) is 0. The number of aromatic nitrogens is 2. The normalized spacial score (nSPS) is 16.4. The van der Waals surface area contributed by atoms with Crippen molar-refractivity contribution >= 4 is 16.7 Å². The van der Waals surface area contributed by atoms with Crippen molar-refractivity contribution < 1.29 is 8.81 Å². The molecule has 3 aromatic rings. The number of halogens is 1. The van der Waals surface area contributed by atoms with E-state index in [1.54, 1.807) is 6.07 Å². The van der Waals surface area contributed by atoms with E-state index >= 15 is 0 Å². The number of benzene rings is 1. The highest BCUT2D eigenvalue weighted by Crippen LogP contribution is 2.28. The monoisotopic (exact) mass is 340 g/mol. The van der Waals surface area contributed by atoms with Crippen molar-refractivity contribution in [2.45, 2.75) is 25.8 Å². The number of para-hydroxylation sites is 1. The standard InChI is InChI=1S/C19H21FN4O/c1-13-7-8-17(25-13)16(24-9-2-3-10-24)11-21-19-14-5-4-6-15(20)18(14)22-12-23-19/h4-8,12,16H,2-3,9-11H2,1H3,(H,21,22,23). The largest absolute Gasteiger partial charge is 0.465 e. The molecule has 3 heterocycles. The Balaban J connectivity index is 1.60. The van der Waals surface area contributed by atoms with Gasteiger partial charge in [0.1, 0.15) is 35.0 Å². The topological polar surface area (TPSA) is 54.2 Å². The molecule has 0 amide bonds. The van der Waals surface area contributed by atoms with Crippen molar-refractivity contribution in [2.75, 3.05) is 25.0 Å². The van der Waals surface area contributed by atoms with Crippen LogP contribution in [0.5, 0.6) is 0 Å². The van der Waals surface area contributed by atoms with Crippen molar-refractivity contribution in [3.63, 3.8) is 0 Å². The third-order valence-electron chi connectivity index (χ3n) is 4.75. The average molecular weight is 340 g/mol. The van der Waals surface area contributed by atoms with Crippen LogP contribution in [-0.2, 0) is 0 Å². The lowest BCUT2D eigenvalue weighted by atomic mass is 10.2. The zero-order valence-electron chi connectivity index (χ0n) is 14.2. The van der Waals surface area contributed by atoms with Crippen molar-refractivity contribution in [2.24, 2.45) is 0 Å². The molecule has 1 aromatic carbocycles. The smallest absolute Gasteiger partial charge is 0.149 e. The number of nitrogens with one attached hydrogen (secondary N) is 1. The van der Waals surface area contributed by atoms with Crippen LogP contribution in [0.15, 0.2) is 41.1 Å². The van der Waals surface area contributed by atoms with Gasteiger partial charge in [0.2, 0.25) is 0 Å². The van der Waals surface area contributed by atoms with E-state index in [0.29, 0.717) is 23.3 Å². The van der Waals surface area contributed by atoms with Gasteiger partial charge in [-0.1, -0.05) is 6.07 Å². The van der Waals surface area contributed by atoms with Crippen LogP contribution < -0.4 is 5.32 Å². The van der Waals surface area contributed by atoms with Gasteiger partial charge in [-0.3, -0.25) is 4.90 Å². The minimum atomic E-state index is -0.333. The summed E-state index contributed by atoms with van der Waals surface area (Å²) in [5.74, 6) is 2.18. The van der Waals surface area contributed by atoms with Crippen LogP contribution >= 0.6 is 0 Å². The van der Waals surface area contributed by atoms with Crippen LogP contribution in [0.2, 0.25) is 0 Å². The van der Waals surface area contributed by atoms with Gasteiger partial charge in [0.05, 0.1) is 6.04 Å². The fraction of sp³-hybridized carbons (Fsp3) is 0.368. The number of aryl methyl sites for hydroxylation is 1. The summed E-state index contributed by atoms with van der Waals surface area (Å²) in [5, 5.41) is 4.07. The highest BCUT2D eigenvalue weighted by atomic mass is 19.1. The maximum absolute atomic E-state index is 13.9. The Labute approximate surface area is 145 Å². The SMILES string of the molecule is Cc1ccc(C(CNc2ncnc3c(F)cccc23)N2CCCC2)o1. The minimum absolute atomic E-state index is 0.134. The van der Waals surface area contributed by atoms with Crippen LogP contribution in [0, 0.1) is 12.7 Å². The number of hydrogen-bond donors (Lipinski definition) is 1. The first-order chi connectivity index (χ1) is 12.2. The molecule has 0 saturated carbocycles. The van der Waals surface area contributed by atoms with Crippen LogP contribution in [0.1, 0.15) is 30.4 Å². The number of rotatable bonds is 5. The Morgan fingerprint density at radius 3 is 2.80 bits per heavy atom. The highest BCUT2D eigenvalue weighted by Gasteiger charge is 2.26. The summed E-state index contributed by atoms with van der Waals surface area (Å²) in [4.78, 5) is 10.8. The van der Waals surface area contributed by atoms with E-state index in [4.69, 9.17) is 4.42 Å². The zero-order valence-corrected chi connectivity index (χ0v) is 14.2. The van der Waals surface area contributed by atoms with Crippen LogP contribution in [-0.4, -0.2) is 34.5 Å². The number of fused-ring (bicyclic) bond motifs is 1. The third-order valence-corrected chi connectivity index (χ3v) is 4.75. The van der Waals surface area contributed by atoms with E-state index in [2.05, 4.69) is 20.2 Å². The summed E-state index contributed by atoms with van der Waals surface area (Å²) >= 11 is 0. The van der Waals surface area contributed by atoms with Gasteiger partial charge in [-0.05, 0) is 57.1 Å². The van der Waals surface area contributed by atoms with E-state index in [1.165, 1.54) is 25.2 Å². The molecule has 6 heteroatoms. The molecule has 4 rings (SSSR count). The molecule has 0 bridgehead atoms. The van der Waals surface area contributed by atoms with Crippen LogP contribution in [0.4, 0.5) is 10.2 Å². The molecule has 0 aliphatic carbocycles. The predicted molar refractivity (Wildman–Crippen MR) is 95.0 cm³/mol. The maximum Gasteiger partial charge on any atom is 0.149 e. The summed E-state index contributed by atoms with van der Waals surface area (Å²) in [6.45, 7) is 4.73. The second-order valence-electron chi connectivity index (χ2n) is 6.45. The minimum Gasteiger partial charge on any atom is -0.465 e. The zero-order chi connectivity index (χ0) is 17.2. The van der Waals surface area contributed by atoms with E-state index in [1.807, 2.05) is 25.1 Å². The Hall–Kier alpha value is -2.47. The molecule has 1 fully saturated rings. The summed E-state index contributed by atoms with van der Waals surface area (Å²) in [6.07, 6.45) is 3.81. The van der Waals surface area contributed by atoms with Gasteiger partial charge in [0.25, 0.3) is 0 Å². The van der Waals surface area contributed by atoms with Crippen molar-refractivity contribution in [1.29, 1.82) is 0 Å². The molecule has 130 valence electrons. The van der Waals surface area contributed by atoms with Gasteiger partial charge in [-0.2, -0.15) is 0 Å². The first-order valence-corrected chi connectivity index (χ1v) is 8.66. The van der Waals surface area contributed by atoms with Crippen LogP contribution in [0.25, 0.3) is 10.9 Å². The quantitative estimate of drug-likeness (QED) is 0.763. The van der Waals surface area contributed by atoms with Crippen molar-refractivity contribution in [3.05, 3.63) is 54.0 Å². The molecule has 1 aliphatic heterocycles. The number of likely N-dealkylation sites (tertiary alicyclic amines) is 1. The maximum atomic E-state index is 13.9. The Bertz CT molecular complexity index is 873. The number of hydrogen-bond acceptors (Lipinski definition) is 5. The van der Waals surface area contributed by atoms with Crippen LogP contribution in [0.3, 0.4) is 0 Å². The third kappa shape index (κ3) is 3.22. The van der Waals surface area contributed by atoms with Gasteiger partial charge in [0.15, 0.2) is 0 Å².